The first-order chi connectivity index (χ1) is 17.4. The second kappa shape index (κ2) is 12.2. The third kappa shape index (κ3) is 6.71. The van der Waals surface area contributed by atoms with Crippen molar-refractivity contribution in [1.82, 2.24) is 10.2 Å². The van der Waals surface area contributed by atoms with Gasteiger partial charge in [-0.15, -0.1) is 0 Å². The Kier molecular flexibility index (Phi) is 8.74. The molecule has 0 unspecified atom stereocenters. The summed E-state index contributed by atoms with van der Waals surface area (Å²) in [7, 11) is 1.59. The summed E-state index contributed by atoms with van der Waals surface area (Å²) in [5, 5.41) is 16.0. The molecule has 10 heteroatoms. The standard InChI is InChI=1S/C26H32FN3O6/c1-34-23-5-3-2-4-17(23)13-28-25(32)12-21-10-11-22-24(36-21)16-35-15-20(31)14-30(22)26(33)29-19-8-6-18(27)7-9-19/h2-9,20-22,24,31H,10-16H2,1H3,(H,28,32)(H,29,33)/t20-,21+,22+,24-/m0/s1. The number of benzene rings is 2. The van der Waals surface area contributed by atoms with Gasteiger partial charge in [0.05, 0.1) is 51.5 Å². The zero-order valence-electron chi connectivity index (χ0n) is 20.2. The van der Waals surface area contributed by atoms with E-state index in [-0.39, 0.29) is 44.2 Å². The summed E-state index contributed by atoms with van der Waals surface area (Å²) in [6, 6.07) is 12.2. The highest BCUT2D eigenvalue weighted by molar-refractivity contribution is 5.89. The number of halogens is 1. The highest BCUT2D eigenvalue weighted by Gasteiger charge is 2.40. The van der Waals surface area contributed by atoms with Gasteiger partial charge in [-0.25, -0.2) is 9.18 Å². The van der Waals surface area contributed by atoms with Crippen LogP contribution in [0.4, 0.5) is 14.9 Å². The lowest BCUT2D eigenvalue weighted by Gasteiger charge is -2.44. The Morgan fingerprint density at radius 2 is 1.92 bits per heavy atom. The number of carbonyl (C=O) groups is 2. The summed E-state index contributed by atoms with van der Waals surface area (Å²) in [5.41, 5.74) is 1.33. The third-order valence-electron chi connectivity index (χ3n) is 6.42. The van der Waals surface area contributed by atoms with Crippen LogP contribution < -0.4 is 15.4 Å². The molecule has 2 aromatic carbocycles. The third-order valence-corrected chi connectivity index (χ3v) is 6.42. The first kappa shape index (κ1) is 25.9. The number of para-hydroxylation sites is 1. The molecule has 36 heavy (non-hydrogen) atoms. The van der Waals surface area contributed by atoms with Crippen LogP contribution in [-0.2, 0) is 20.8 Å². The molecule has 2 aromatic rings. The average Bonchev–Trinajstić information content (AvgIpc) is 2.87. The lowest BCUT2D eigenvalue weighted by atomic mass is 9.95. The fraction of sp³-hybridized carbons (Fsp3) is 0.462. The Hall–Kier alpha value is -3.21. The van der Waals surface area contributed by atoms with Gasteiger partial charge in [0.2, 0.25) is 5.91 Å². The van der Waals surface area contributed by atoms with Crippen LogP contribution in [0.5, 0.6) is 5.75 Å². The molecule has 2 fully saturated rings. The summed E-state index contributed by atoms with van der Waals surface area (Å²) in [5.74, 6) is 0.172. The number of methoxy groups -OCH3 is 1. The molecule has 0 saturated carbocycles. The van der Waals surface area contributed by atoms with E-state index in [1.54, 1.807) is 12.0 Å². The number of fused-ring (bicyclic) bond motifs is 1. The monoisotopic (exact) mass is 501 g/mol. The molecule has 0 aromatic heterocycles. The first-order valence-corrected chi connectivity index (χ1v) is 12.1. The van der Waals surface area contributed by atoms with Crippen molar-refractivity contribution in [3.8, 4) is 5.75 Å². The predicted octanol–water partition coefficient (Wildman–Crippen LogP) is 2.68. The molecule has 0 aliphatic carbocycles. The Morgan fingerprint density at radius 1 is 1.14 bits per heavy atom. The van der Waals surface area contributed by atoms with Gasteiger partial charge in [-0.05, 0) is 43.2 Å². The number of urea groups is 1. The van der Waals surface area contributed by atoms with Gasteiger partial charge < -0.3 is 34.9 Å². The molecule has 2 aliphatic heterocycles. The number of rotatable bonds is 6. The van der Waals surface area contributed by atoms with E-state index in [4.69, 9.17) is 14.2 Å². The molecule has 4 rings (SSSR count). The van der Waals surface area contributed by atoms with Gasteiger partial charge >= 0.3 is 6.03 Å². The normalized spacial score (nSPS) is 24.1. The Labute approximate surface area is 209 Å². The van der Waals surface area contributed by atoms with Crippen LogP contribution in [0.25, 0.3) is 0 Å². The van der Waals surface area contributed by atoms with Gasteiger partial charge in [-0.1, -0.05) is 18.2 Å². The summed E-state index contributed by atoms with van der Waals surface area (Å²) in [6.45, 7) is 0.680. The van der Waals surface area contributed by atoms with Gasteiger partial charge in [0.15, 0.2) is 0 Å². The molecule has 2 aliphatic rings. The summed E-state index contributed by atoms with van der Waals surface area (Å²) < 4.78 is 30.4. The van der Waals surface area contributed by atoms with Crippen LogP contribution in [0.2, 0.25) is 0 Å². The van der Waals surface area contributed by atoms with E-state index < -0.39 is 24.1 Å². The van der Waals surface area contributed by atoms with E-state index in [2.05, 4.69) is 10.6 Å². The van der Waals surface area contributed by atoms with Crippen molar-refractivity contribution in [2.24, 2.45) is 0 Å². The van der Waals surface area contributed by atoms with Crippen molar-refractivity contribution in [3.05, 3.63) is 59.9 Å². The number of aliphatic hydroxyl groups is 1. The number of β-amino-alcohol motifs (C(OH)–C–C–N with tert-alkyl or cyclic N) is 1. The van der Waals surface area contributed by atoms with Crippen molar-refractivity contribution in [3.63, 3.8) is 0 Å². The number of nitrogens with one attached hydrogen (secondary N) is 2. The maximum absolute atomic E-state index is 13.2. The number of amides is 3. The lowest BCUT2D eigenvalue weighted by Crippen LogP contribution is -2.58. The molecule has 2 heterocycles. The van der Waals surface area contributed by atoms with Gasteiger partial charge in [0, 0.05) is 17.8 Å². The highest BCUT2D eigenvalue weighted by atomic mass is 19.1. The fourth-order valence-corrected chi connectivity index (χ4v) is 4.62. The van der Waals surface area contributed by atoms with Crippen LogP contribution in [0, 0.1) is 5.82 Å². The highest BCUT2D eigenvalue weighted by Crippen LogP contribution is 2.28. The molecule has 0 bridgehead atoms. The Bertz CT molecular complexity index is 1040. The fourth-order valence-electron chi connectivity index (χ4n) is 4.62. The van der Waals surface area contributed by atoms with Gasteiger partial charge in [-0.3, -0.25) is 4.79 Å². The van der Waals surface area contributed by atoms with Crippen LogP contribution in [0.3, 0.4) is 0 Å². The number of nitrogens with zero attached hydrogens (tertiary/aromatic N) is 1. The summed E-state index contributed by atoms with van der Waals surface area (Å²) in [4.78, 5) is 27.3. The van der Waals surface area contributed by atoms with Gasteiger partial charge in [-0.2, -0.15) is 0 Å². The summed E-state index contributed by atoms with van der Waals surface area (Å²) >= 11 is 0. The minimum atomic E-state index is -0.844. The van der Waals surface area contributed by atoms with Crippen LogP contribution >= 0.6 is 0 Å². The maximum atomic E-state index is 13.2. The molecular formula is C26H32FN3O6. The molecular weight excluding hydrogens is 469 g/mol. The second-order valence-electron chi connectivity index (χ2n) is 9.01. The molecule has 9 nitrogen and oxygen atoms in total. The van der Waals surface area contributed by atoms with Crippen molar-refractivity contribution in [1.29, 1.82) is 0 Å². The Morgan fingerprint density at radius 3 is 2.69 bits per heavy atom. The predicted molar refractivity (Wildman–Crippen MR) is 130 cm³/mol. The largest absolute Gasteiger partial charge is 0.496 e. The number of ether oxygens (including phenoxy) is 3. The topological polar surface area (TPSA) is 109 Å². The smallest absolute Gasteiger partial charge is 0.322 e. The van der Waals surface area contributed by atoms with Crippen LogP contribution in [-0.4, -0.2) is 73.2 Å². The van der Waals surface area contributed by atoms with Crippen LogP contribution in [0.1, 0.15) is 24.8 Å². The van der Waals surface area contributed by atoms with Crippen LogP contribution in [0.15, 0.2) is 48.5 Å². The minimum Gasteiger partial charge on any atom is -0.496 e. The number of carbonyl (C=O) groups excluding carboxylic acids is 2. The first-order valence-electron chi connectivity index (χ1n) is 12.1. The Balaban J connectivity index is 1.35. The second-order valence-corrected chi connectivity index (χ2v) is 9.01. The van der Waals surface area contributed by atoms with Gasteiger partial charge in [0.1, 0.15) is 17.7 Å². The SMILES string of the molecule is COc1ccccc1CNC(=O)C[C@H]1CC[C@@H]2[C@H](COC[C@@H](O)CN2C(=O)Nc2ccc(F)cc2)O1. The van der Waals surface area contributed by atoms with E-state index in [0.29, 0.717) is 30.8 Å². The zero-order valence-corrected chi connectivity index (χ0v) is 20.2. The molecule has 0 spiro atoms. The molecule has 194 valence electrons. The van der Waals surface area contributed by atoms with Crippen molar-refractivity contribution >= 4 is 17.6 Å². The van der Waals surface area contributed by atoms with E-state index in [1.807, 2.05) is 24.3 Å². The lowest BCUT2D eigenvalue weighted by molar-refractivity contribution is -0.149. The van der Waals surface area contributed by atoms with E-state index >= 15 is 0 Å². The number of hydrogen-bond donors (Lipinski definition) is 3. The summed E-state index contributed by atoms with van der Waals surface area (Å²) in [6.07, 6.45) is -0.274. The van der Waals surface area contributed by atoms with Crippen molar-refractivity contribution in [2.75, 3.05) is 32.2 Å². The van der Waals surface area contributed by atoms with E-state index in [0.717, 1.165) is 5.56 Å². The number of hydrogen-bond acceptors (Lipinski definition) is 6. The van der Waals surface area contributed by atoms with E-state index in [9.17, 15) is 19.1 Å². The number of anilines is 1. The molecule has 3 N–H and O–H groups in total. The quantitative estimate of drug-likeness (QED) is 0.562. The maximum Gasteiger partial charge on any atom is 0.322 e. The molecule has 2 saturated heterocycles. The minimum absolute atomic E-state index is 0.0664. The molecule has 4 atom stereocenters. The van der Waals surface area contributed by atoms with E-state index in [1.165, 1.54) is 24.3 Å². The average molecular weight is 502 g/mol. The number of aliphatic hydroxyl groups excluding tert-OH is 1. The zero-order chi connectivity index (χ0) is 25.5. The van der Waals surface area contributed by atoms with Gasteiger partial charge in [0.25, 0.3) is 0 Å². The van der Waals surface area contributed by atoms with Crippen molar-refractivity contribution in [2.45, 2.75) is 50.2 Å². The molecule has 3 amide bonds. The van der Waals surface area contributed by atoms with Crippen molar-refractivity contribution < 1.29 is 33.3 Å². The molecule has 0 radical (unpaired) electrons.